The second-order valence-electron chi connectivity index (χ2n) is 12.7. The van der Waals surface area contributed by atoms with Gasteiger partial charge in [-0.2, -0.15) is 0 Å². The molecule has 3 atom stereocenters. The molecular weight excluding hydrogens is 546 g/mol. The Hall–Kier alpha value is -3.54. The summed E-state index contributed by atoms with van der Waals surface area (Å²) in [5.41, 5.74) is 0.437. The number of esters is 1. The van der Waals surface area contributed by atoms with Gasteiger partial charge in [0, 0.05) is 25.1 Å². The predicted octanol–water partition coefficient (Wildman–Crippen LogP) is 3.39. The van der Waals surface area contributed by atoms with E-state index in [1.54, 1.807) is 25.7 Å². The molecule has 12 heteroatoms. The minimum absolute atomic E-state index is 0.0241. The number of cyclic esters (lactones) is 1. The topological polar surface area (TPSA) is 133 Å². The minimum atomic E-state index is -1.03. The van der Waals surface area contributed by atoms with Crippen LogP contribution < -0.4 is 10.1 Å². The molecule has 0 aliphatic carbocycles. The first-order valence-corrected chi connectivity index (χ1v) is 14.4. The number of carbonyl (C=O) groups excluding carboxylic acids is 4. The summed E-state index contributed by atoms with van der Waals surface area (Å²) >= 11 is 0. The molecular formula is C30H43N3O9. The predicted molar refractivity (Wildman–Crippen MR) is 151 cm³/mol. The molecule has 12 nitrogen and oxygen atoms in total. The van der Waals surface area contributed by atoms with Gasteiger partial charge >= 0.3 is 18.2 Å². The van der Waals surface area contributed by atoms with Gasteiger partial charge in [-0.3, -0.25) is 9.69 Å². The van der Waals surface area contributed by atoms with Crippen molar-refractivity contribution in [3.63, 3.8) is 0 Å². The summed E-state index contributed by atoms with van der Waals surface area (Å²) in [7, 11) is 1.24. The van der Waals surface area contributed by atoms with Crippen LogP contribution in [0.1, 0.15) is 65.0 Å². The zero-order valence-corrected chi connectivity index (χ0v) is 25.4. The van der Waals surface area contributed by atoms with Crippen LogP contribution >= 0.6 is 0 Å². The number of ether oxygens (including phenoxy) is 5. The Kier molecular flexibility index (Phi) is 9.54. The Balaban J connectivity index is 1.58. The fourth-order valence-electron chi connectivity index (χ4n) is 5.35. The normalized spacial score (nSPS) is 25.8. The highest BCUT2D eigenvalue weighted by atomic mass is 16.6. The number of carbonyl (C=O) groups is 4. The summed E-state index contributed by atoms with van der Waals surface area (Å²) in [6.07, 6.45) is -0.501. The first-order chi connectivity index (χ1) is 19.8. The van der Waals surface area contributed by atoms with Crippen molar-refractivity contribution >= 4 is 24.1 Å². The molecule has 1 fully saturated rings. The van der Waals surface area contributed by atoms with E-state index >= 15 is 0 Å². The molecule has 3 amide bonds. The molecule has 1 N–H and O–H groups in total. The lowest BCUT2D eigenvalue weighted by molar-refractivity contribution is -0.152. The molecule has 0 saturated carbocycles. The Bertz CT molecular complexity index is 1180. The molecule has 1 aromatic rings. The molecule has 3 heterocycles. The number of rotatable bonds is 1. The number of alkyl carbamates (subject to hydrolysis) is 1. The van der Waals surface area contributed by atoms with Crippen molar-refractivity contribution in [2.45, 2.75) is 90.8 Å². The van der Waals surface area contributed by atoms with Crippen LogP contribution in [0.3, 0.4) is 0 Å². The largest absolute Gasteiger partial charge is 0.493 e. The zero-order valence-electron chi connectivity index (χ0n) is 25.4. The Labute approximate surface area is 246 Å². The van der Waals surface area contributed by atoms with Gasteiger partial charge < -0.3 is 33.9 Å². The van der Waals surface area contributed by atoms with Gasteiger partial charge in [0.25, 0.3) is 0 Å². The van der Waals surface area contributed by atoms with Gasteiger partial charge in [0.2, 0.25) is 5.91 Å². The zero-order chi connectivity index (χ0) is 30.7. The van der Waals surface area contributed by atoms with Crippen LogP contribution in [0, 0.1) is 5.41 Å². The summed E-state index contributed by atoms with van der Waals surface area (Å²) in [4.78, 5) is 55.6. The van der Waals surface area contributed by atoms with Crippen LogP contribution in [0.15, 0.2) is 18.2 Å². The average molecular weight is 590 g/mol. The third-order valence-electron chi connectivity index (χ3n) is 7.70. The van der Waals surface area contributed by atoms with E-state index < -0.39 is 53.3 Å². The number of hydrogen-bond acceptors (Lipinski definition) is 9. The quantitative estimate of drug-likeness (QED) is 0.387. The molecule has 4 bridgehead atoms. The van der Waals surface area contributed by atoms with Crippen LogP contribution in [0.25, 0.3) is 0 Å². The summed E-state index contributed by atoms with van der Waals surface area (Å²) in [6.45, 7) is 10.6. The molecule has 4 rings (SSSR count). The number of amides is 3. The number of nitrogens with zero attached hydrogens (tertiary/aromatic N) is 2. The molecule has 1 aromatic carbocycles. The molecule has 3 aliphatic rings. The second-order valence-corrected chi connectivity index (χ2v) is 12.7. The fraction of sp³-hybridized carbons (Fsp3) is 0.667. The van der Waals surface area contributed by atoms with E-state index in [1.807, 2.05) is 32.0 Å². The van der Waals surface area contributed by atoms with E-state index in [0.29, 0.717) is 26.3 Å². The summed E-state index contributed by atoms with van der Waals surface area (Å²) in [5, 5.41) is 2.68. The highest BCUT2D eigenvalue weighted by molar-refractivity contribution is 5.91. The van der Waals surface area contributed by atoms with Crippen molar-refractivity contribution in [3.8, 4) is 5.75 Å². The molecule has 1 unspecified atom stereocenters. The smallest absolute Gasteiger partial charge is 0.410 e. The molecule has 0 radical (unpaired) electrons. The van der Waals surface area contributed by atoms with Gasteiger partial charge in [0.05, 0.1) is 32.4 Å². The third-order valence-corrected chi connectivity index (χ3v) is 7.70. The van der Waals surface area contributed by atoms with Gasteiger partial charge in [-0.15, -0.1) is 0 Å². The van der Waals surface area contributed by atoms with Crippen molar-refractivity contribution in [1.29, 1.82) is 0 Å². The maximum atomic E-state index is 13.9. The van der Waals surface area contributed by atoms with Crippen LogP contribution in [0.2, 0.25) is 0 Å². The molecule has 1 saturated heterocycles. The minimum Gasteiger partial charge on any atom is -0.493 e. The lowest BCUT2D eigenvalue weighted by Crippen LogP contribution is -2.57. The molecule has 0 spiro atoms. The Morgan fingerprint density at radius 2 is 1.81 bits per heavy atom. The van der Waals surface area contributed by atoms with Crippen LogP contribution in [-0.2, 0) is 41.6 Å². The first-order valence-electron chi connectivity index (χ1n) is 14.4. The standard InChI is InChI=1S/C30H43N3O9/c1-29(2,3)24-25(34)33-16-20(14-22(33)26(35)38-6)42-28(37)32-15-19-10-9-11-23(21(19)17-32)39-12-7-8-13-41-30(4,5)18-40-27(36)31-24/h9-11,20,22,24H,7-8,12-18H2,1-6H3,(H,31,36)/t20-,22?,24-/m1/s1. The van der Waals surface area contributed by atoms with Crippen molar-refractivity contribution < 1.29 is 42.9 Å². The number of methoxy groups -OCH3 is 1. The van der Waals surface area contributed by atoms with Crippen molar-refractivity contribution in [2.75, 3.05) is 33.5 Å². The highest BCUT2D eigenvalue weighted by Crippen LogP contribution is 2.33. The molecule has 0 aromatic heterocycles. The lowest BCUT2D eigenvalue weighted by atomic mass is 9.85. The fourth-order valence-corrected chi connectivity index (χ4v) is 5.35. The maximum absolute atomic E-state index is 13.9. The van der Waals surface area contributed by atoms with Gasteiger partial charge in [0.15, 0.2) is 0 Å². The Morgan fingerprint density at radius 1 is 1.07 bits per heavy atom. The number of benzene rings is 1. The monoisotopic (exact) mass is 589 g/mol. The van der Waals surface area contributed by atoms with E-state index in [-0.39, 0.29) is 19.6 Å². The second kappa shape index (κ2) is 12.8. The third kappa shape index (κ3) is 7.45. The maximum Gasteiger partial charge on any atom is 0.410 e. The Morgan fingerprint density at radius 3 is 2.52 bits per heavy atom. The van der Waals surface area contributed by atoms with Crippen LogP contribution in [0.5, 0.6) is 5.75 Å². The van der Waals surface area contributed by atoms with Gasteiger partial charge in [0.1, 0.15) is 30.5 Å². The van der Waals surface area contributed by atoms with Crippen molar-refractivity contribution in [1.82, 2.24) is 15.1 Å². The number of hydrogen-bond donors (Lipinski definition) is 1. The summed E-state index contributed by atoms with van der Waals surface area (Å²) in [6, 6.07) is 3.74. The molecule has 42 heavy (non-hydrogen) atoms. The van der Waals surface area contributed by atoms with Gasteiger partial charge in [-0.1, -0.05) is 32.9 Å². The molecule has 232 valence electrons. The average Bonchev–Trinajstić information content (AvgIpc) is 3.56. The van der Waals surface area contributed by atoms with E-state index in [1.165, 1.54) is 12.0 Å². The lowest BCUT2D eigenvalue weighted by Gasteiger charge is -2.35. The number of nitrogens with one attached hydrogen (secondary N) is 1. The van der Waals surface area contributed by atoms with Gasteiger partial charge in [-0.25, -0.2) is 14.4 Å². The molecule has 3 aliphatic heterocycles. The van der Waals surface area contributed by atoms with E-state index in [9.17, 15) is 19.2 Å². The van der Waals surface area contributed by atoms with Crippen LogP contribution in [0.4, 0.5) is 9.59 Å². The van der Waals surface area contributed by atoms with Crippen LogP contribution in [-0.4, -0.2) is 91.1 Å². The van der Waals surface area contributed by atoms with Crippen molar-refractivity contribution in [3.05, 3.63) is 29.3 Å². The van der Waals surface area contributed by atoms with E-state index in [0.717, 1.165) is 29.7 Å². The first kappa shape index (κ1) is 31.4. The highest BCUT2D eigenvalue weighted by Gasteiger charge is 2.47. The SMILES string of the molecule is COC(=O)C1C[C@@H]2CN1C(=O)[C@H](C(C)(C)C)NC(=O)OCC(C)(C)OCCCCOc1cccc3c1CN(C3)C(=O)O2. The summed E-state index contributed by atoms with van der Waals surface area (Å²) in [5.74, 6) is -0.402. The van der Waals surface area contributed by atoms with Gasteiger partial charge in [-0.05, 0) is 43.7 Å². The summed E-state index contributed by atoms with van der Waals surface area (Å²) < 4.78 is 28.3. The van der Waals surface area contributed by atoms with E-state index in [4.69, 9.17) is 23.7 Å². The number of fused-ring (bicyclic) bond motifs is 3. The van der Waals surface area contributed by atoms with Crippen molar-refractivity contribution in [2.24, 2.45) is 5.41 Å². The van der Waals surface area contributed by atoms with E-state index in [2.05, 4.69) is 5.32 Å².